The third kappa shape index (κ3) is 3.80. The number of piperazine rings is 1. The van der Waals surface area contributed by atoms with Crippen LogP contribution in [0.5, 0.6) is 5.75 Å². The molecule has 0 aromatic heterocycles. The Bertz CT molecular complexity index is 507. The van der Waals surface area contributed by atoms with Gasteiger partial charge in [-0.2, -0.15) is 0 Å². The molecule has 2 rings (SSSR count). The molecule has 108 valence electrons. The van der Waals surface area contributed by atoms with Crippen LogP contribution < -0.4 is 10.1 Å². The predicted octanol–water partition coefficient (Wildman–Crippen LogP) is 1.56. The van der Waals surface area contributed by atoms with Crippen LogP contribution in [0.1, 0.15) is 13.3 Å². The highest BCUT2D eigenvalue weighted by molar-refractivity contribution is 9.10. The van der Waals surface area contributed by atoms with Gasteiger partial charge in [-0.3, -0.25) is 19.8 Å². The Hall–Kier alpha value is -1.40. The Morgan fingerprint density at radius 3 is 2.95 bits per heavy atom. The molecule has 6 heteroatoms. The first kappa shape index (κ1) is 15.0. The Labute approximate surface area is 126 Å². The van der Waals surface area contributed by atoms with E-state index >= 15 is 0 Å². The number of imide groups is 1. The highest BCUT2D eigenvalue weighted by Crippen LogP contribution is 2.18. The Kier molecular flexibility index (Phi) is 5.14. The molecule has 1 aliphatic heterocycles. The number of rotatable bonds is 5. The van der Waals surface area contributed by atoms with Gasteiger partial charge in [-0.25, -0.2) is 0 Å². The van der Waals surface area contributed by atoms with Gasteiger partial charge in [0.1, 0.15) is 12.4 Å². The van der Waals surface area contributed by atoms with Crippen molar-refractivity contribution in [2.75, 3.05) is 19.7 Å². The molecule has 1 aliphatic rings. The molecule has 0 radical (unpaired) electrons. The maximum atomic E-state index is 11.7. The highest BCUT2D eigenvalue weighted by atomic mass is 79.9. The van der Waals surface area contributed by atoms with E-state index in [1.54, 1.807) is 0 Å². The summed E-state index contributed by atoms with van der Waals surface area (Å²) in [6.45, 7) is 3.16. The van der Waals surface area contributed by atoms with Crippen LogP contribution >= 0.6 is 15.9 Å². The number of benzene rings is 1. The molecule has 1 saturated heterocycles. The van der Waals surface area contributed by atoms with Crippen molar-refractivity contribution < 1.29 is 14.3 Å². The average Bonchev–Trinajstić information content (AvgIpc) is 2.38. The number of nitrogens with zero attached hydrogens (tertiary/aromatic N) is 1. The van der Waals surface area contributed by atoms with E-state index in [1.807, 2.05) is 36.1 Å². The number of carbonyl (C=O) groups is 2. The number of hydrogen-bond donors (Lipinski definition) is 1. The SMILES string of the molecule is CCC1C(=O)NC(=O)CN1CCOc1cccc(Br)c1. The molecule has 0 spiro atoms. The second kappa shape index (κ2) is 6.85. The third-order valence-electron chi connectivity index (χ3n) is 3.18. The summed E-state index contributed by atoms with van der Waals surface area (Å²) < 4.78 is 6.59. The average molecular weight is 341 g/mol. The molecule has 0 bridgehead atoms. The van der Waals surface area contributed by atoms with Crippen LogP contribution in [0.3, 0.4) is 0 Å². The van der Waals surface area contributed by atoms with Gasteiger partial charge in [0.05, 0.1) is 12.6 Å². The minimum absolute atomic E-state index is 0.216. The van der Waals surface area contributed by atoms with E-state index in [1.165, 1.54) is 0 Å². The van der Waals surface area contributed by atoms with E-state index in [4.69, 9.17) is 4.74 Å². The molecule has 5 nitrogen and oxygen atoms in total. The van der Waals surface area contributed by atoms with Crippen LogP contribution in [-0.2, 0) is 9.59 Å². The van der Waals surface area contributed by atoms with Gasteiger partial charge < -0.3 is 4.74 Å². The van der Waals surface area contributed by atoms with Gasteiger partial charge >= 0.3 is 0 Å². The molecule has 20 heavy (non-hydrogen) atoms. The number of ether oxygens (including phenoxy) is 1. The zero-order valence-electron chi connectivity index (χ0n) is 11.3. The van der Waals surface area contributed by atoms with E-state index in [9.17, 15) is 9.59 Å². The van der Waals surface area contributed by atoms with Gasteiger partial charge in [-0.05, 0) is 24.6 Å². The van der Waals surface area contributed by atoms with Crippen molar-refractivity contribution in [3.8, 4) is 5.75 Å². The summed E-state index contributed by atoms with van der Waals surface area (Å²) in [5.74, 6) is 0.300. The van der Waals surface area contributed by atoms with E-state index in [2.05, 4.69) is 21.2 Å². The van der Waals surface area contributed by atoms with Gasteiger partial charge in [0.25, 0.3) is 0 Å². The zero-order chi connectivity index (χ0) is 14.5. The van der Waals surface area contributed by atoms with Gasteiger partial charge in [0.15, 0.2) is 0 Å². The van der Waals surface area contributed by atoms with Crippen molar-refractivity contribution >= 4 is 27.7 Å². The molecule has 0 aliphatic carbocycles. The molecular weight excluding hydrogens is 324 g/mol. The third-order valence-corrected chi connectivity index (χ3v) is 3.68. The normalized spacial score (nSPS) is 19.8. The van der Waals surface area contributed by atoms with Crippen LogP contribution in [0.15, 0.2) is 28.7 Å². The number of nitrogens with one attached hydrogen (secondary N) is 1. The van der Waals surface area contributed by atoms with Crippen molar-refractivity contribution in [2.45, 2.75) is 19.4 Å². The lowest BCUT2D eigenvalue weighted by Crippen LogP contribution is -2.58. The molecule has 1 aromatic carbocycles. The molecule has 2 amide bonds. The summed E-state index contributed by atoms with van der Waals surface area (Å²) in [5.41, 5.74) is 0. The van der Waals surface area contributed by atoms with Crippen LogP contribution in [-0.4, -0.2) is 42.5 Å². The van der Waals surface area contributed by atoms with Crippen LogP contribution in [0.25, 0.3) is 0 Å². The van der Waals surface area contributed by atoms with Crippen molar-refractivity contribution in [1.29, 1.82) is 0 Å². The standard InChI is InChI=1S/C14H17BrN2O3/c1-2-12-14(19)16-13(18)9-17(12)6-7-20-11-5-3-4-10(15)8-11/h3-5,8,12H,2,6-7,9H2,1H3,(H,16,18,19). The maximum absolute atomic E-state index is 11.7. The largest absolute Gasteiger partial charge is 0.492 e. The summed E-state index contributed by atoms with van der Waals surface area (Å²) in [7, 11) is 0. The van der Waals surface area contributed by atoms with Crippen molar-refractivity contribution in [3.05, 3.63) is 28.7 Å². The number of hydrogen-bond acceptors (Lipinski definition) is 4. The zero-order valence-corrected chi connectivity index (χ0v) is 12.9. The number of halogens is 1. The maximum Gasteiger partial charge on any atom is 0.243 e. The van der Waals surface area contributed by atoms with Crippen molar-refractivity contribution in [1.82, 2.24) is 10.2 Å². The van der Waals surface area contributed by atoms with E-state index in [0.717, 1.165) is 10.2 Å². The van der Waals surface area contributed by atoms with Crippen molar-refractivity contribution in [2.24, 2.45) is 0 Å². The van der Waals surface area contributed by atoms with Crippen LogP contribution in [0.4, 0.5) is 0 Å². The van der Waals surface area contributed by atoms with Gasteiger partial charge in [0.2, 0.25) is 11.8 Å². The second-order valence-electron chi connectivity index (χ2n) is 4.61. The first-order chi connectivity index (χ1) is 9.60. The van der Waals surface area contributed by atoms with Crippen LogP contribution in [0, 0.1) is 0 Å². The summed E-state index contributed by atoms with van der Waals surface area (Å²) in [6, 6.07) is 7.32. The van der Waals surface area contributed by atoms with Gasteiger partial charge in [0, 0.05) is 11.0 Å². The summed E-state index contributed by atoms with van der Waals surface area (Å²) in [5, 5.41) is 2.36. The predicted molar refractivity (Wildman–Crippen MR) is 78.4 cm³/mol. The minimum atomic E-state index is -0.251. The second-order valence-corrected chi connectivity index (χ2v) is 5.53. The summed E-state index contributed by atoms with van der Waals surface area (Å²) in [4.78, 5) is 25.0. The molecule has 0 saturated carbocycles. The fourth-order valence-corrected chi connectivity index (χ4v) is 2.61. The summed E-state index contributed by atoms with van der Waals surface area (Å²) >= 11 is 3.38. The minimum Gasteiger partial charge on any atom is -0.492 e. The quantitative estimate of drug-likeness (QED) is 0.826. The molecule has 1 unspecified atom stereocenters. The topological polar surface area (TPSA) is 58.6 Å². The fourth-order valence-electron chi connectivity index (χ4n) is 2.24. The molecular formula is C14H17BrN2O3. The van der Waals surface area contributed by atoms with E-state index in [0.29, 0.717) is 19.6 Å². The molecule has 1 fully saturated rings. The highest BCUT2D eigenvalue weighted by Gasteiger charge is 2.31. The molecule has 1 aromatic rings. The lowest BCUT2D eigenvalue weighted by molar-refractivity contribution is -0.140. The Balaban J connectivity index is 1.88. The monoisotopic (exact) mass is 340 g/mol. The van der Waals surface area contributed by atoms with Crippen molar-refractivity contribution in [3.63, 3.8) is 0 Å². The number of amides is 2. The van der Waals surface area contributed by atoms with Crippen LogP contribution in [0.2, 0.25) is 0 Å². The lowest BCUT2D eigenvalue weighted by atomic mass is 10.1. The summed E-state index contributed by atoms with van der Waals surface area (Å²) in [6.07, 6.45) is 0.677. The molecule has 1 heterocycles. The lowest BCUT2D eigenvalue weighted by Gasteiger charge is -2.33. The fraction of sp³-hybridized carbons (Fsp3) is 0.429. The molecule has 1 N–H and O–H groups in total. The van der Waals surface area contributed by atoms with Gasteiger partial charge in [-0.15, -0.1) is 0 Å². The van der Waals surface area contributed by atoms with E-state index < -0.39 is 0 Å². The smallest absolute Gasteiger partial charge is 0.243 e. The van der Waals surface area contributed by atoms with Gasteiger partial charge in [-0.1, -0.05) is 28.9 Å². The van der Waals surface area contributed by atoms with E-state index in [-0.39, 0.29) is 24.4 Å². The Morgan fingerprint density at radius 2 is 2.25 bits per heavy atom. The Morgan fingerprint density at radius 1 is 1.45 bits per heavy atom. The first-order valence-corrected chi connectivity index (χ1v) is 7.35. The molecule has 1 atom stereocenters. The number of carbonyl (C=O) groups excluding carboxylic acids is 2. The first-order valence-electron chi connectivity index (χ1n) is 6.56.